The predicted octanol–water partition coefficient (Wildman–Crippen LogP) is 2.51. The van der Waals surface area contributed by atoms with Gasteiger partial charge < -0.3 is 4.74 Å². The fraction of sp³-hybridized carbons (Fsp3) is 0.500. The molecule has 2 rings (SSSR count). The molecule has 5 nitrogen and oxygen atoms in total. The van der Waals surface area contributed by atoms with Crippen molar-refractivity contribution in [3.05, 3.63) is 21.6 Å². The van der Waals surface area contributed by atoms with E-state index in [1.165, 1.54) is 11.8 Å². The third-order valence-electron chi connectivity index (χ3n) is 4.07. The second kappa shape index (κ2) is 6.81. The minimum Gasteiger partial charge on any atom is -0.462 e. The third kappa shape index (κ3) is 2.55. The van der Waals surface area contributed by atoms with Crippen molar-refractivity contribution >= 4 is 23.5 Å². The topological polar surface area (TPSA) is 90.9 Å². The van der Waals surface area contributed by atoms with Crippen molar-refractivity contribution in [3.8, 4) is 12.1 Å². The zero-order valence-electron chi connectivity index (χ0n) is 12.5. The second-order valence-corrected chi connectivity index (χ2v) is 5.97. The Morgan fingerprint density at radius 2 is 2.05 bits per heavy atom. The largest absolute Gasteiger partial charge is 0.462 e. The molecule has 0 N–H and O–H groups in total. The van der Waals surface area contributed by atoms with Gasteiger partial charge in [-0.3, -0.25) is 4.79 Å². The third-order valence-corrected chi connectivity index (χ3v) is 5.00. The summed E-state index contributed by atoms with van der Waals surface area (Å²) in [6, 6.07) is 3.92. The Kier molecular flexibility index (Phi) is 5.05. The van der Waals surface area contributed by atoms with E-state index in [1.807, 2.05) is 18.4 Å². The van der Waals surface area contributed by atoms with Crippen molar-refractivity contribution in [3.63, 3.8) is 0 Å². The molecule has 0 aromatic heterocycles. The zero-order valence-corrected chi connectivity index (χ0v) is 13.3. The first-order chi connectivity index (χ1) is 10.6. The molecule has 0 spiro atoms. The number of ketones is 1. The van der Waals surface area contributed by atoms with Crippen molar-refractivity contribution in [2.45, 2.75) is 26.2 Å². The number of hydrogen-bond acceptors (Lipinski definition) is 6. The molecule has 2 aliphatic carbocycles. The first-order valence-corrected chi connectivity index (χ1v) is 8.36. The smallest absolute Gasteiger partial charge is 0.348 e. The summed E-state index contributed by atoms with van der Waals surface area (Å²) in [5.74, 6) is -1.68. The molecule has 0 aromatic rings. The van der Waals surface area contributed by atoms with E-state index >= 15 is 0 Å². The Morgan fingerprint density at radius 3 is 2.59 bits per heavy atom. The van der Waals surface area contributed by atoms with Gasteiger partial charge in [-0.15, -0.1) is 11.8 Å². The summed E-state index contributed by atoms with van der Waals surface area (Å²) in [7, 11) is 0. The van der Waals surface area contributed by atoms with Gasteiger partial charge in [-0.25, -0.2) is 4.79 Å². The Labute approximate surface area is 133 Å². The van der Waals surface area contributed by atoms with Gasteiger partial charge in [-0.1, -0.05) is 6.42 Å². The first kappa shape index (κ1) is 16.3. The van der Waals surface area contributed by atoms with Crippen LogP contribution < -0.4 is 0 Å². The molecule has 1 fully saturated rings. The number of Topliss-reactive ketones (excluding diaryl/α,β-unsaturated/α-hetero) is 1. The minimum absolute atomic E-state index is 0.0616. The number of fused-ring (bicyclic) bond motifs is 2. The number of hydrogen-bond donors (Lipinski definition) is 0. The number of rotatable bonds is 3. The molecule has 0 aromatic carbocycles. The van der Waals surface area contributed by atoms with Crippen LogP contribution >= 0.6 is 11.8 Å². The average molecular weight is 316 g/mol. The zero-order chi connectivity index (χ0) is 16.3. The molecule has 0 aliphatic heterocycles. The molecule has 0 heterocycles. The highest BCUT2D eigenvalue weighted by Gasteiger charge is 2.44. The number of ether oxygens (including phenoxy) is 1. The molecule has 1 saturated carbocycles. The minimum atomic E-state index is -0.675. The molecule has 2 bridgehead atoms. The number of carbonyl (C=O) groups is 2. The maximum atomic E-state index is 12.6. The Hall–Kier alpha value is -2.05. The molecule has 2 aliphatic rings. The summed E-state index contributed by atoms with van der Waals surface area (Å²) < 4.78 is 4.95. The van der Waals surface area contributed by atoms with Crippen LogP contribution in [0.25, 0.3) is 0 Å². The van der Waals surface area contributed by atoms with Crippen LogP contribution in [0.4, 0.5) is 0 Å². The lowest BCUT2D eigenvalue weighted by Crippen LogP contribution is -2.35. The Bertz CT molecular complexity index is 664. The maximum absolute atomic E-state index is 12.6. The van der Waals surface area contributed by atoms with Crippen LogP contribution in [0, 0.1) is 34.5 Å². The Balaban J connectivity index is 2.66. The van der Waals surface area contributed by atoms with E-state index in [0.29, 0.717) is 16.9 Å². The van der Waals surface area contributed by atoms with E-state index in [1.54, 1.807) is 6.92 Å². The molecule has 0 saturated heterocycles. The van der Waals surface area contributed by atoms with E-state index < -0.39 is 11.9 Å². The SMILES string of the molecule is CCOC(=O)/C(C#N)=C1/[C@@H]2CCC[C@H]1C(SC)=C(C#N)C2=O. The van der Waals surface area contributed by atoms with Gasteiger partial charge in [0.2, 0.25) is 0 Å². The van der Waals surface area contributed by atoms with Crippen LogP contribution in [0.5, 0.6) is 0 Å². The second-order valence-electron chi connectivity index (χ2n) is 5.12. The number of thioether (sulfide) groups is 1. The van der Waals surface area contributed by atoms with Crippen molar-refractivity contribution < 1.29 is 14.3 Å². The van der Waals surface area contributed by atoms with Gasteiger partial charge >= 0.3 is 5.97 Å². The van der Waals surface area contributed by atoms with Gasteiger partial charge in [0.15, 0.2) is 5.78 Å². The standard InChI is InChI=1S/C16H16N2O3S/c1-3-21-16(20)11(7-17)13-9-5-4-6-10(13)15(22-2)12(8-18)14(9)19/h9-10H,3-6H2,1-2H3/b13-11-/t9-,10+/m0/s1. The molecule has 114 valence electrons. The van der Waals surface area contributed by atoms with E-state index in [4.69, 9.17) is 4.74 Å². The molecule has 6 heteroatoms. The van der Waals surface area contributed by atoms with Gasteiger partial charge in [0, 0.05) is 16.7 Å². The van der Waals surface area contributed by atoms with Crippen molar-refractivity contribution in [2.24, 2.45) is 11.8 Å². The molecule has 0 unspecified atom stereocenters. The molecule has 0 amide bonds. The highest BCUT2D eigenvalue weighted by Crippen LogP contribution is 2.49. The van der Waals surface area contributed by atoms with E-state index in [2.05, 4.69) is 0 Å². The lowest BCUT2D eigenvalue weighted by atomic mass is 9.67. The number of nitrogens with zero attached hydrogens (tertiary/aromatic N) is 2. The molecule has 2 atom stereocenters. The van der Waals surface area contributed by atoms with Gasteiger partial charge in [-0.05, 0) is 31.6 Å². The predicted molar refractivity (Wildman–Crippen MR) is 81.3 cm³/mol. The first-order valence-electron chi connectivity index (χ1n) is 7.14. The molecule has 0 radical (unpaired) electrons. The molecular weight excluding hydrogens is 300 g/mol. The molecular formula is C16H16N2O3S. The van der Waals surface area contributed by atoms with Gasteiger partial charge in [0.1, 0.15) is 23.3 Å². The van der Waals surface area contributed by atoms with E-state index in [0.717, 1.165) is 12.8 Å². The highest BCUT2D eigenvalue weighted by atomic mass is 32.2. The van der Waals surface area contributed by atoms with E-state index in [-0.39, 0.29) is 29.5 Å². The van der Waals surface area contributed by atoms with Crippen LogP contribution in [-0.2, 0) is 14.3 Å². The monoisotopic (exact) mass is 316 g/mol. The highest BCUT2D eigenvalue weighted by molar-refractivity contribution is 8.02. The maximum Gasteiger partial charge on any atom is 0.348 e. The van der Waals surface area contributed by atoms with Gasteiger partial charge in [0.05, 0.1) is 6.61 Å². The van der Waals surface area contributed by atoms with Crippen molar-refractivity contribution in [1.82, 2.24) is 0 Å². The summed E-state index contributed by atoms with van der Waals surface area (Å²) in [6.07, 6.45) is 3.96. The quantitative estimate of drug-likeness (QED) is 0.451. The number of esters is 1. The number of allylic oxidation sites excluding steroid dienone is 3. The van der Waals surface area contributed by atoms with Gasteiger partial charge in [0.25, 0.3) is 0 Å². The summed E-state index contributed by atoms with van der Waals surface area (Å²) in [4.78, 5) is 25.3. The van der Waals surface area contributed by atoms with Crippen LogP contribution in [0.3, 0.4) is 0 Å². The summed E-state index contributed by atoms with van der Waals surface area (Å²) in [5, 5.41) is 18.7. The van der Waals surface area contributed by atoms with Crippen molar-refractivity contribution in [2.75, 3.05) is 12.9 Å². The Morgan fingerprint density at radius 1 is 1.36 bits per heavy atom. The van der Waals surface area contributed by atoms with Crippen LogP contribution in [-0.4, -0.2) is 24.6 Å². The summed E-state index contributed by atoms with van der Waals surface area (Å²) in [5.41, 5.74) is 0.682. The summed E-state index contributed by atoms with van der Waals surface area (Å²) >= 11 is 1.35. The average Bonchev–Trinajstić information content (AvgIpc) is 2.52. The van der Waals surface area contributed by atoms with Crippen molar-refractivity contribution in [1.29, 1.82) is 10.5 Å². The van der Waals surface area contributed by atoms with Gasteiger partial charge in [-0.2, -0.15) is 10.5 Å². The van der Waals surface area contributed by atoms with E-state index in [9.17, 15) is 20.1 Å². The lowest BCUT2D eigenvalue weighted by Gasteiger charge is -2.37. The fourth-order valence-electron chi connectivity index (χ4n) is 3.23. The summed E-state index contributed by atoms with van der Waals surface area (Å²) in [6.45, 7) is 1.85. The van der Waals surface area contributed by atoms with Crippen LogP contribution in [0.1, 0.15) is 26.2 Å². The number of nitriles is 2. The number of carbonyl (C=O) groups excluding carboxylic acids is 2. The van der Waals surface area contributed by atoms with Crippen LogP contribution in [0.2, 0.25) is 0 Å². The normalized spacial score (nSPS) is 26.1. The van der Waals surface area contributed by atoms with Crippen LogP contribution in [0.15, 0.2) is 21.6 Å². The molecule has 22 heavy (non-hydrogen) atoms. The lowest BCUT2D eigenvalue weighted by molar-refractivity contribution is -0.138. The fourth-order valence-corrected chi connectivity index (χ4v) is 4.11.